The molecule has 21 heavy (non-hydrogen) atoms. The Morgan fingerprint density at radius 3 is 2.67 bits per heavy atom. The summed E-state index contributed by atoms with van der Waals surface area (Å²) in [4.78, 5) is 21.5. The Morgan fingerprint density at radius 2 is 2.05 bits per heavy atom. The number of hydrogen-bond acceptors (Lipinski definition) is 4. The number of rotatable bonds is 8. The van der Waals surface area contributed by atoms with E-state index in [4.69, 9.17) is 10.2 Å². The van der Waals surface area contributed by atoms with Gasteiger partial charge in [-0.2, -0.15) is 0 Å². The molecule has 0 radical (unpaired) electrons. The van der Waals surface area contributed by atoms with Crippen molar-refractivity contribution in [3.8, 4) is 0 Å². The molecular weight excluding hydrogens is 455 g/mol. The number of nitrogens with one attached hydrogen (secondary N) is 1. The number of aryl methyl sites for hydroxylation is 1. The van der Waals surface area contributed by atoms with E-state index in [1.165, 1.54) is 0 Å². The molecule has 1 aromatic rings. The van der Waals surface area contributed by atoms with Gasteiger partial charge in [0.05, 0.1) is 0 Å². The topological polar surface area (TPSA) is 99.0 Å². The molecule has 6 nitrogen and oxygen atoms in total. The van der Waals surface area contributed by atoms with Crippen LogP contribution >= 0.6 is 15.9 Å². The second-order valence-electron chi connectivity index (χ2n) is 4.20. The monoisotopic (exact) mass is 469 g/mol. The van der Waals surface area contributed by atoms with Crippen LogP contribution in [-0.4, -0.2) is 27.9 Å². The average molecular weight is 470 g/mol. The Morgan fingerprint density at radius 1 is 1.33 bits per heavy atom. The van der Waals surface area contributed by atoms with E-state index in [2.05, 4.69) is 22.7 Å². The van der Waals surface area contributed by atoms with Gasteiger partial charge in [0.2, 0.25) is 0 Å². The summed E-state index contributed by atoms with van der Waals surface area (Å²) in [6.07, 6.45) is 0.387. The van der Waals surface area contributed by atoms with E-state index in [0.29, 0.717) is 0 Å². The van der Waals surface area contributed by atoms with Crippen LogP contribution in [0, 0.1) is 6.92 Å². The van der Waals surface area contributed by atoms with Gasteiger partial charge in [-0.15, -0.1) is 0 Å². The van der Waals surface area contributed by atoms with Crippen LogP contribution < -0.4 is 25.3 Å². The van der Waals surface area contributed by atoms with Crippen LogP contribution in [0.1, 0.15) is 24.8 Å². The Hall–Kier alpha value is -1.16. The van der Waals surface area contributed by atoms with E-state index in [1.54, 1.807) is 0 Å². The van der Waals surface area contributed by atoms with Crippen molar-refractivity contribution in [3.05, 3.63) is 28.2 Å². The molecule has 0 saturated carbocycles. The third-order valence-electron chi connectivity index (χ3n) is 2.53. The van der Waals surface area contributed by atoms with Crippen LogP contribution in [0.2, 0.25) is 0 Å². The molecule has 3 N–H and O–H groups in total. The first-order valence-electron chi connectivity index (χ1n) is 6.08. The van der Waals surface area contributed by atoms with Crippen LogP contribution in [0.4, 0.5) is 5.69 Å². The van der Waals surface area contributed by atoms with E-state index in [9.17, 15) is 9.59 Å². The van der Waals surface area contributed by atoms with E-state index in [-0.39, 0.29) is 25.0 Å². The second kappa shape index (κ2) is 8.98. The number of aliphatic carboxylic acids is 2. The van der Waals surface area contributed by atoms with Crippen LogP contribution in [0.25, 0.3) is 0 Å². The van der Waals surface area contributed by atoms with Gasteiger partial charge in [0, 0.05) is 0 Å². The molecule has 1 aromatic carbocycles. The average Bonchev–Trinajstić information content (AvgIpc) is 2.41. The predicted molar refractivity (Wildman–Crippen MR) is 79.1 cm³/mol. The third kappa shape index (κ3) is 6.42. The van der Waals surface area contributed by atoms with Crippen molar-refractivity contribution in [2.45, 2.75) is 26.2 Å². The SMILES string of the molecule is Cc1cccc(N[I-]N=C(CCCC(=O)O)C(=O)O)c1Br. The van der Waals surface area contributed by atoms with E-state index >= 15 is 0 Å². The molecule has 116 valence electrons. The number of benzene rings is 1. The zero-order valence-electron chi connectivity index (χ0n) is 11.3. The third-order valence-corrected chi connectivity index (χ3v) is 5.23. The zero-order chi connectivity index (χ0) is 15.8. The van der Waals surface area contributed by atoms with Crippen LogP contribution in [-0.2, 0) is 9.59 Å². The summed E-state index contributed by atoms with van der Waals surface area (Å²) in [5, 5.41) is 17.6. The number of hydrogen-bond donors (Lipinski definition) is 3. The van der Waals surface area contributed by atoms with Gasteiger partial charge in [-0.05, 0) is 0 Å². The quantitative estimate of drug-likeness (QED) is 0.280. The van der Waals surface area contributed by atoms with Crippen molar-refractivity contribution in [2.75, 3.05) is 3.53 Å². The predicted octanol–water partition coefficient (Wildman–Crippen LogP) is -0.131. The number of anilines is 1. The fourth-order valence-corrected chi connectivity index (χ4v) is 3.73. The van der Waals surface area contributed by atoms with Crippen molar-refractivity contribution in [2.24, 2.45) is 3.21 Å². The fourth-order valence-electron chi connectivity index (χ4n) is 1.43. The van der Waals surface area contributed by atoms with Gasteiger partial charge < -0.3 is 0 Å². The van der Waals surface area contributed by atoms with Gasteiger partial charge in [0.25, 0.3) is 0 Å². The molecule has 0 saturated heterocycles. The van der Waals surface area contributed by atoms with Gasteiger partial charge >= 0.3 is 142 Å². The number of carbonyl (C=O) groups is 2. The molecule has 0 fully saturated rings. The summed E-state index contributed by atoms with van der Waals surface area (Å²) in [7, 11) is 0. The minimum absolute atomic E-state index is 0.0281. The fraction of sp³-hybridized carbons (Fsp3) is 0.308. The maximum atomic E-state index is 11.0. The molecule has 0 aliphatic carbocycles. The van der Waals surface area contributed by atoms with Crippen molar-refractivity contribution < 1.29 is 41.6 Å². The Kier molecular flexibility index (Phi) is 7.65. The van der Waals surface area contributed by atoms with Crippen LogP contribution in [0.5, 0.6) is 0 Å². The standard InChI is InChI=1S/C13H15BrIN2O4/c1-8-4-2-5-9(12(8)14)16-15-17-10(13(20)21)6-3-7-11(18)19/h2,4-5,16H,3,6-7H2,1H3,(H,18,19)(H,20,21)/q-1. The van der Waals surface area contributed by atoms with Gasteiger partial charge in [0.15, 0.2) is 0 Å². The molecule has 8 heteroatoms. The first-order valence-corrected chi connectivity index (χ1v) is 8.91. The minimum atomic E-state index is -1.09. The van der Waals surface area contributed by atoms with E-state index in [0.717, 1.165) is 15.7 Å². The van der Waals surface area contributed by atoms with Crippen LogP contribution in [0.3, 0.4) is 0 Å². The molecule has 0 aliphatic rings. The zero-order valence-corrected chi connectivity index (χ0v) is 15.0. The molecular formula is C13H15BrIN2O4-. The van der Waals surface area contributed by atoms with E-state index in [1.807, 2.05) is 25.1 Å². The number of nitrogens with zero attached hydrogens (tertiary/aromatic N) is 1. The van der Waals surface area contributed by atoms with Gasteiger partial charge in [-0.25, -0.2) is 0 Å². The second-order valence-corrected chi connectivity index (χ2v) is 6.50. The Labute approximate surface area is 141 Å². The van der Waals surface area contributed by atoms with Crippen molar-refractivity contribution in [3.63, 3.8) is 0 Å². The summed E-state index contributed by atoms with van der Waals surface area (Å²) < 4.78 is 8.16. The number of carboxylic acids is 2. The summed E-state index contributed by atoms with van der Waals surface area (Å²) in [5.41, 5.74) is 1.98. The summed E-state index contributed by atoms with van der Waals surface area (Å²) in [6, 6.07) is 5.75. The summed E-state index contributed by atoms with van der Waals surface area (Å²) >= 11 is 2.55. The molecule has 0 spiro atoms. The van der Waals surface area contributed by atoms with Crippen molar-refractivity contribution >= 4 is 39.3 Å². The van der Waals surface area contributed by atoms with Gasteiger partial charge in [-0.3, -0.25) is 0 Å². The molecule has 0 unspecified atom stereocenters. The molecule has 0 bridgehead atoms. The molecule has 0 heterocycles. The first-order chi connectivity index (χ1) is 9.91. The summed E-state index contributed by atoms with van der Waals surface area (Å²) in [6.45, 7) is 1.96. The molecule has 0 aromatic heterocycles. The van der Waals surface area contributed by atoms with Gasteiger partial charge in [-0.1, -0.05) is 0 Å². The van der Waals surface area contributed by atoms with Crippen molar-refractivity contribution in [1.82, 2.24) is 0 Å². The van der Waals surface area contributed by atoms with Crippen molar-refractivity contribution in [1.29, 1.82) is 0 Å². The Bertz CT molecular complexity index is 563. The van der Waals surface area contributed by atoms with E-state index < -0.39 is 33.7 Å². The van der Waals surface area contributed by atoms with Gasteiger partial charge in [0.1, 0.15) is 0 Å². The molecule has 1 rings (SSSR count). The first kappa shape index (κ1) is 17.9. The number of carboxylic acid groups (broad SMARTS) is 2. The maximum absolute atomic E-state index is 11.0. The molecule has 0 amide bonds. The molecule has 0 atom stereocenters. The number of halogens is 2. The molecule has 0 aliphatic heterocycles. The summed E-state index contributed by atoms with van der Waals surface area (Å²) in [5.74, 6) is -2.03. The van der Waals surface area contributed by atoms with Crippen LogP contribution in [0.15, 0.2) is 25.9 Å². The Balaban J connectivity index is 2.60. The normalized spacial score (nSPS) is 11.4.